The van der Waals surface area contributed by atoms with Crippen molar-refractivity contribution in [2.24, 2.45) is 0 Å². The minimum absolute atomic E-state index is 0.251. The van der Waals surface area contributed by atoms with Crippen molar-refractivity contribution in [3.05, 3.63) is 48.3 Å². The topological polar surface area (TPSA) is 68.1 Å². The average Bonchev–Trinajstić information content (AvgIpc) is 2.47. The van der Waals surface area contributed by atoms with Gasteiger partial charge >= 0.3 is 0 Å². The zero-order valence-corrected chi connectivity index (χ0v) is 11.2. The standard InChI is InChI=1S/C14H14FN3O2/c1-4-12(19)11-7-17-14(8(2)18-11)9-5-13(20-3)16-6-10(9)15/h4-7,12,19H,1H2,2-3H3. The molecule has 0 aliphatic heterocycles. The Kier molecular flexibility index (Phi) is 4.05. The molecule has 2 aromatic rings. The number of aromatic nitrogens is 3. The Morgan fingerprint density at radius 2 is 2.15 bits per heavy atom. The molecule has 0 radical (unpaired) electrons. The van der Waals surface area contributed by atoms with E-state index in [0.29, 0.717) is 17.1 Å². The van der Waals surface area contributed by atoms with Crippen LogP contribution in [0.25, 0.3) is 11.3 Å². The van der Waals surface area contributed by atoms with Crippen LogP contribution in [-0.2, 0) is 0 Å². The predicted octanol–water partition coefficient (Wildman–Crippen LogP) is 2.21. The van der Waals surface area contributed by atoms with E-state index in [1.807, 2.05) is 0 Å². The van der Waals surface area contributed by atoms with Gasteiger partial charge in [-0.05, 0) is 6.92 Å². The summed E-state index contributed by atoms with van der Waals surface area (Å²) in [6.07, 6.45) is 2.91. The first-order chi connectivity index (χ1) is 9.56. The Morgan fingerprint density at radius 3 is 2.75 bits per heavy atom. The quantitative estimate of drug-likeness (QED) is 0.866. The fourth-order valence-corrected chi connectivity index (χ4v) is 1.74. The van der Waals surface area contributed by atoms with Gasteiger partial charge in [-0.2, -0.15) is 0 Å². The highest BCUT2D eigenvalue weighted by Gasteiger charge is 2.14. The fraction of sp³-hybridized carbons (Fsp3) is 0.214. The van der Waals surface area contributed by atoms with Crippen molar-refractivity contribution in [1.82, 2.24) is 15.0 Å². The largest absolute Gasteiger partial charge is 0.481 e. The maximum atomic E-state index is 13.8. The smallest absolute Gasteiger partial charge is 0.213 e. The Bertz CT molecular complexity index is 646. The summed E-state index contributed by atoms with van der Waals surface area (Å²) >= 11 is 0. The van der Waals surface area contributed by atoms with E-state index in [9.17, 15) is 9.50 Å². The second kappa shape index (κ2) is 5.75. The predicted molar refractivity (Wildman–Crippen MR) is 71.7 cm³/mol. The lowest BCUT2D eigenvalue weighted by Gasteiger charge is -2.10. The summed E-state index contributed by atoms with van der Waals surface area (Å²) in [5, 5.41) is 9.63. The normalized spacial score (nSPS) is 12.0. The number of aryl methyl sites for hydroxylation is 1. The van der Waals surface area contributed by atoms with Crippen LogP contribution in [0.1, 0.15) is 17.5 Å². The van der Waals surface area contributed by atoms with Gasteiger partial charge in [0.05, 0.1) is 36.6 Å². The maximum Gasteiger partial charge on any atom is 0.213 e. The number of hydrogen-bond donors (Lipinski definition) is 1. The molecule has 0 fully saturated rings. The number of aliphatic hydroxyl groups is 1. The van der Waals surface area contributed by atoms with E-state index in [1.54, 1.807) is 6.92 Å². The van der Waals surface area contributed by atoms with Crippen molar-refractivity contribution in [2.75, 3.05) is 7.11 Å². The van der Waals surface area contributed by atoms with Crippen molar-refractivity contribution < 1.29 is 14.2 Å². The second-order valence-corrected chi connectivity index (χ2v) is 4.12. The Hall–Kier alpha value is -2.34. The lowest BCUT2D eigenvalue weighted by atomic mass is 10.1. The van der Waals surface area contributed by atoms with Crippen LogP contribution in [0, 0.1) is 12.7 Å². The lowest BCUT2D eigenvalue weighted by molar-refractivity contribution is 0.223. The van der Waals surface area contributed by atoms with E-state index in [0.717, 1.165) is 6.20 Å². The molecule has 0 aliphatic rings. The highest BCUT2D eigenvalue weighted by molar-refractivity contribution is 5.62. The third kappa shape index (κ3) is 2.65. The van der Waals surface area contributed by atoms with Crippen LogP contribution in [0.3, 0.4) is 0 Å². The van der Waals surface area contributed by atoms with Crippen LogP contribution in [0.4, 0.5) is 4.39 Å². The number of pyridine rings is 1. The molecule has 0 amide bonds. The monoisotopic (exact) mass is 275 g/mol. The van der Waals surface area contributed by atoms with E-state index < -0.39 is 11.9 Å². The number of nitrogens with zero attached hydrogens (tertiary/aromatic N) is 3. The maximum absolute atomic E-state index is 13.8. The van der Waals surface area contributed by atoms with Crippen molar-refractivity contribution >= 4 is 0 Å². The molecule has 20 heavy (non-hydrogen) atoms. The highest BCUT2D eigenvalue weighted by Crippen LogP contribution is 2.26. The lowest BCUT2D eigenvalue weighted by Crippen LogP contribution is -2.03. The van der Waals surface area contributed by atoms with Gasteiger partial charge in [-0.15, -0.1) is 6.58 Å². The van der Waals surface area contributed by atoms with Crippen LogP contribution >= 0.6 is 0 Å². The molecule has 0 spiro atoms. The van der Waals surface area contributed by atoms with Crippen LogP contribution in [-0.4, -0.2) is 27.2 Å². The summed E-state index contributed by atoms with van der Waals surface area (Å²) in [5.74, 6) is -0.224. The van der Waals surface area contributed by atoms with Crippen LogP contribution in [0.5, 0.6) is 5.88 Å². The van der Waals surface area contributed by atoms with Gasteiger partial charge in [0, 0.05) is 11.6 Å². The minimum Gasteiger partial charge on any atom is -0.481 e. The molecule has 2 heterocycles. The molecule has 0 aliphatic carbocycles. The Balaban J connectivity index is 2.50. The van der Waals surface area contributed by atoms with E-state index in [-0.39, 0.29) is 11.4 Å². The Labute approximate surface area is 115 Å². The van der Waals surface area contributed by atoms with Crippen molar-refractivity contribution in [1.29, 1.82) is 0 Å². The fourth-order valence-electron chi connectivity index (χ4n) is 1.74. The zero-order valence-electron chi connectivity index (χ0n) is 11.2. The van der Waals surface area contributed by atoms with Gasteiger partial charge in [0.25, 0.3) is 0 Å². The molecule has 0 bridgehead atoms. The molecule has 1 unspecified atom stereocenters. The number of methoxy groups -OCH3 is 1. The van der Waals surface area contributed by atoms with E-state index in [2.05, 4.69) is 21.5 Å². The molecule has 2 aromatic heterocycles. The molecule has 0 saturated carbocycles. The molecule has 1 N–H and O–H groups in total. The highest BCUT2D eigenvalue weighted by atomic mass is 19.1. The van der Waals surface area contributed by atoms with E-state index in [1.165, 1.54) is 25.4 Å². The molecular formula is C14H14FN3O2. The van der Waals surface area contributed by atoms with Gasteiger partial charge in [-0.3, -0.25) is 9.97 Å². The number of ether oxygens (including phenoxy) is 1. The van der Waals surface area contributed by atoms with Gasteiger partial charge in [0.15, 0.2) is 5.82 Å². The van der Waals surface area contributed by atoms with E-state index in [4.69, 9.17) is 4.74 Å². The number of rotatable bonds is 4. The van der Waals surface area contributed by atoms with Gasteiger partial charge in [0.2, 0.25) is 5.88 Å². The van der Waals surface area contributed by atoms with Gasteiger partial charge in [0.1, 0.15) is 6.10 Å². The van der Waals surface area contributed by atoms with Crippen LogP contribution < -0.4 is 4.74 Å². The van der Waals surface area contributed by atoms with Gasteiger partial charge in [-0.25, -0.2) is 9.37 Å². The first kappa shape index (κ1) is 14.1. The number of halogens is 1. The summed E-state index contributed by atoms with van der Waals surface area (Å²) in [4.78, 5) is 12.1. The first-order valence-corrected chi connectivity index (χ1v) is 5.91. The van der Waals surface area contributed by atoms with Crippen LogP contribution in [0.15, 0.2) is 31.1 Å². The first-order valence-electron chi connectivity index (χ1n) is 5.91. The van der Waals surface area contributed by atoms with Gasteiger partial charge < -0.3 is 9.84 Å². The number of hydrogen-bond acceptors (Lipinski definition) is 5. The molecule has 0 saturated heterocycles. The molecule has 6 heteroatoms. The van der Waals surface area contributed by atoms with Crippen molar-refractivity contribution in [3.63, 3.8) is 0 Å². The molecular weight excluding hydrogens is 261 g/mol. The average molecular weight is 275 g/mol. The summed E-state index contributed by atoms with van der Waals surface area (Å²) in [7, 11) is 1.45. The van der Waals surface area contributed by atoms with Crippen LogP contribution in [0.2, 0.25) is 0 Å². The molecule has 104 valence electrons. The SMILES string of the molecule is C=CC(O)c1cnc(-c2cc(OC)ncc2F)c(C)n1. The summed E-state index contributed by atoms with van der Waals surface area (Å²) in [6.45, 7) is 5.17. The summed E-state index contributed by atoms with van der Waals surface area (Å²) in [5.41, 5.74) is 1.49. The summed E-state index contributed by atoms with van der Waals surface area (Å²) in [6, 6.07) is 1.45. The minimum atomic E-state index is -0.896. The van der Waals surface area contributed by atoms with Gasteiger partial charge in [-0.1, -0.05) is 6.08 Å². The second-order valence-electron chi connectivity index (χ2n) is 4.12. The zero-order chi connectivity index (χ0) is 14.7. The summed E-state index contributed by atoms with van der Waals surface area (Å²) < 4.78 is 18.8. The van der Waals surface area contributed by atoms with Crippen molar-refractivity contribution in [3.8, 4) is 17.1 Å². The van der Waals surface area contributed by atoms with E-state index >= 15 is 0 Å². The molecule has 5 nitrogen and oxygen atoms in total. The number of aliphatic hydroxyl groups excluding tert-OH is 1. The molecule has 1 atom stereocenters. The molecule has 0 aromatic carbocycles. The molecule has 2 rings (SSSR count). The third-order valence-electron chi connectivity index (χ3n) is 2.79. The van der Waals surface area contributed by atoms with Crippen molar-refractivity contribution in [2.45, 2.75) is 13.0 Å². The Morgan fingerprint density at radius 1 is 1.40 bits per heavy atom. The third-order valence-corrected chi connectivity index (χ3v) is 2.79.